The monoisotopic (exact) mass is 440 g/mol. The summed E-state index contributed by atoms with van der Waals surface area (Å²) in [5, 5.41) is 17.5. The van der Waals surface area contributed by atoms with Crippen LogP contribution < -0.4 is 10.2 Å². The standard InChI is InChI=1S/C24H26F2N4O2/c25-15-6-11-19(26)18(14-15)20-5-3-12-29(20)23-22(21-4-1-2-13-30(21)28-23)24(32)27-16-7-9-17(31)10-8-16/h1-2,4,6,11,13-14,16-17,20,31H,3,5,7-10,12H2,(H,27,32)/t16?,17?,20-/m1/s1. The molecule has 2 fully saturated rings. The lowest BCUT2D eigenvalue weighted by molar-refractivity contribution is 0.0869. The molecule has 2 N–H and O–H groups in total. The highest BCUT2D eigenvalue weighted by Crippen LogP contribution is 2.39. The number of aliphatic hydroxyl groups is 1. The van der Waals surface area contributed by atoms with Crippen LogP contribution in [0.5, 0.6) is 0 Å². The summed E-state index contributed by atoms with van der Waals surface area (Å²) in [6, 6.07) is 8.62. The van der Waals surface area contributed by atoms with E-state index in [1.807, 2.05) is 23.1 Å². The third-order valence-corrected chi connectivity index (χ3v) is 6.62. The lowest BCUT2D eigenvalue weighted by atomic mass is 9.93. The molecule has 2 aromatic heterocycles. The van der Waals surface area contributed by atoms with E-state index >= 15 is 0 Å². The number of aromatic nitrogens is 2. The Morgan fingerprint density at radius 1 is 1.09 bits per heavy atom. The first kappa shape index (κ1) is 20.9. The van der Waals surface area contributed by atoms with Crippen molar-refractivity contribution in [1.82, 2.24) is 14.9 Å². The van der Waals surface area contributed by atoms with Gasteiger partial charge in [0.25, 0.3) is 5.91 Å². The molecule has 8 heteroatoms. The number of benzene rings is 1. The molecule has 2 aliphatic rings. The molecule has 5 rings (SSSR count). The molecule has 1 saturated heterocycles. The SMILES string of the molecule is O=C(NC1CCC(O)CC1)c1c(N2CCC[C@@H]2c2cc(F)ccc2F)nn2ccccc12. The van der Waals surface area contributed by atoms with E-state index in [1.54, 1.807) is 10.7 Å². The Balaban J connectivity index is 1.52. The number of fused-ring (bicyclic) bond motifs is 1. The van der Waals surface area contributed by atoms with Crippen LogP contribution in [-0.4, -0.2) is 39.3 Å². The van der Waals surface area contributed by atoms with Gasteiger partial charge in [-0.05, 0) is 68.9 Å². The molecule has 1 aromatic carbocycles. The van der Waals surface area contributed by atoms with Crippen LogP contribution in [0.1, 0.15) is 60.5 Å². The molecule has 1 aliphatic heterocycles. The molecule has 0 unspecified atom stereocenters. The lowest BCUT2D eigenvalue weighted by Gasteiger charge is -2.28. The molecule has 0 bridgehead atoms. The van der Waals surface area contributed by atoms with Crippen LogP contribution in [0, 0.1) is 11.6 Å². The number of anilines is 1. The van der Waals surface area contributed by atoms with Crippen molar-refractivity contribution in [3.63, 3.8) is 0 Å². The quantitative estimate of drug-likeness (QED) is 0.644. The average molecular weight is 440 g/mol. The van der Waals surface area contributed by atoms with E-state index in [4.69, 9.17) is 0 Å². The van der Waals surface area contributed by atoms with Crippen molar-refractivity contribution in [1.29, 1.82) is 0 Å². The molecular formula is C24H26F2N4O2. The number of hydrogen-bond acceptors (Lipinski definition) is 4. The van der Waals surface area contributed by atoms with Gasteiger partial charge in [-0.25, -0.2) is 13.3 Å². The molecule has 168 valence electrons. The molecule has 1 amide bonds. The van der Waals surface area contributed by atoms with Gasteiger partial charge in [-0.15, -0.1) is 5.10 Å². The number of halogens is 2. The second-order valence-electron chi connectivity index (χ2n) is 8.73. The Bertz CT molecular complexity index is 1140. The number of nitrogens with zero attached hydrogens (tertiary/aromatic N) is 3. The number of pyridine rings is 1. The van der Waals surface area contributed by atoms with Crippen molar-refractivity contribution in [3.8, 4) is 0 Å². The van der Waals surface area contributed by atoms with Crippen LogP contribution in [0.25, 0.3) is 5.52 Å². The summed E-state index contributed by atoms with van der Waals surface area (Å²) >= 11 is 0. The third-order valence-electron chi connectivity index (χ3n) is 6.62. The second-order valence-corrected chi connectivity index (χ2v) is 8.73. The Hall–Kier alpha value is -3.00. The van der Waals surface area contributed by atoms with E-state index in [9.17, 15) is 18.7 Å². The van der Waals surface area contributed by atoms with Gasteiger partial charge in [0, 0.05) is 24.3 Å². The van der Waals surface area contributed by atoms with E-state index in [1.165, 1.54) is 6.07 Å². The predicted octanol–water partition coefficient (Wildman–Crippen LogP) is 3.99. The second kappa shape index (κ2) is 8.50. The van der Waals surface area contributed by atoms with Crippen LogP contribution in [0.2, 0.25) is 0 Å². The number of amides is 1. The van der Waals surface area contributed by atoms with Gasteiger partial charge in [0.05, 0.1) is 17.7 Å². The number of rotatable bonds is 4. The van der Waals surface area contributed by atoms with Gasteiger partial charge in [-0.2, -0.15) is 0 Å². The largest absolute Gasteiger partial charge is 0.393 e. The fraction of sp³-hybridized carbons (Fsp3) is 0.417. The van der Waals surface area contributed by atoms with Crippen LogP contribution in [0.3, 0.4) is 0 Å². The number of aliphatic hydroxyl groups excluding tert-OH is 1. The topological polar surface area (TPSA) is 69.9 Å². The number of carbonyl (C=O) groups is 1. The zero-order valence-corrected chi connectivity index (χ0v) is 17.7. The molecular weight excluding hydrogens is 414 g/mol. The third kappa shape index (κ3) is 3.83. The number of carbonyl (C=O) groups excluding carboxylic acids is 1. The van der Waals surface area contributed by atoms with E-state index in [0.717, 1.165) is 31.4 Å². The van der Waals surface area contributed by atoms with Gasteiger partial charge in [0.15, 0.2) is 5.82 Å². The minimum Gasteiger partial charge on any atom is -0.393 e. The smallest absolute Gasteiger partial charge is 0.257 e. The van der Waals surface area contributed by atoms with Gasteiger partial charge in [-0.1, -0.05) is 6.07 Å². The summed E-state index contributed by atoms with van der Waals surface area (Å²) < 4.78 is 30.2. The van der Waals surface area contributed by atoms with Crippen LogP contribution >= 0.6 is 0 Å². The minimum atomic E-state index is -0.485. The van der Waals surface area contributed by atoms with Crippen molar-refractivity contribution < 1.29 is 18.7 Å². The van der Waals surface area contributed by atoms with Crippen LogP contribution in [0.4, 0.5) is 14.6 Å². The van der Waals surface area contributed by atoms with E-state index in [0.29, 0.717) is 42.7 Å². The predicted molar refractivity (Wildman–Crippen MR) is 117 cm³/mol. The summed E-state index contributed by atoms with van der Waals surface area (Å²) in [5.41, 5.74) is 1.40. The van der Waals surface area contributed by atoms with Crippen molar-refractivity contribution in [2.75, 3.05) is 11.4 Å². The molecule has 1 atom stereocenters. The highest BCUT2D eigenvalue weighted by atomic mass is 19.1. The van der Waals surface area contributed by atoms with Crippen molar-refractivity contribution >= 4 is 17.2 Å². The fourth-order valence-corrected chi connectivity index (χ4v) is 5.00. The maximum Gasteiger partial charge on any atom is 0.257 e. The summed E-state index contributed by atoms with van der Waals surface area (Å²) in [4.78, 5) is 15.3. The molecule has 3 heterocycles. The minimum absolute atomic E-state index is 0.00699. The van der Waals surface area contributed by atoms with Gasteiger partial charge < -0.3 is 15.3 Å². The zero-order valence-electron chi connectivity index (χ0n) is 17.7. The molecule has 0 radical (unpaired) electrons. The van der Waals surface area contributed by atoms with E-state index in [2.05, 4.69) is 10.4 Å². The van der Waals surface area contributed by atoms with E-state index < -0.39 is 17.7 Å². The zero-order chi connectivity index (χ0) is 22.2. The highest BCUT2D eigenvalue weighted by molar-refractivity contribution is 6.06. The molecule has 3 aromatic rings. The maximum atomic E-state index is 14.6. The Morgan fingerprint density at radius 2 is 1.91 bits per heavy atom. The van der Waals surface area contributed by atoms with Gasteiger partial charge in [0.1, 0.15) is 17.2 Å². The van der Waals surface area contributed by atoms with Gasteiger partial charge >= 0.3 is 0 Å². The van der Waals surface area contributed by atoms with Crippen molar-refractivity contribution in [2.45, 2.75) is 56.7 Å². The fourth-order valence-electron chi connectivity index (χ4n) is 5.00. The summed E-state index contributed by atoms with van der Waals surface area (Å²) in [6.45, 7) is 0.598. The molecule has 6 nitrogen and oxygen atoms in total. The number of hydrogen-bond donors (Lipinski definition) is 2. The molecule has 1 saturated carbocycles. The maximum absolute atomic E-state index is 14.6. The van der Waals surface area contributed by atoms with Gasteiger partial charge in [-0.3, -0.25) is 4.79 Å². The van der Waals surface area contributed by atoms with Gasteiger partial charge in [0.2, 0.25) is 0 Å². The highest BCUT2D eigenvalue weighted by Gasteiger charge is 2.35. The lowest BCUT2D eigenvalue weighted by Crippen LogP contribution is -2.39. The first-order chi connectivity index (χ1) is 15.5. The summed E-state index contributed by atoms with van der Waals surface area (Å²) in [7, 11) is 0. The Morgan fingerprint density at radius 3 is 2.72 bits per heavy atom. The van der Waals surface area contributed by atoms with Crippen molar-refractivity contribution in [2.24, 2.45) is 0 Å². The van der Waals surface area contributed by atoms with Crippen LogP contribution in [0.15, 0.2) is 42.6 Å². The van der Waals surface area contributed by atoms with E-state index in [-0.39, 0.29) is 23.6 Å². The van der Waals surface area contributed by atoms with Crippen LogP contribution in [-0.2, 0) is 0 Å². The summed E-state index contributed by atoms with van der Waals surface area (Å²) in [6.07, 6.45) is 5.69. The number of nitrogens with one attached hydrogen (secondary N) is 1. The van der Waals surface area contributed by atoms with Crippen molar-refractivity contribution in [3.05, 3.63) is 65.4 Å². The Labute approximate surface area is 184 Å². The summed E-state index contributed by atoms with van der Waals surface area (Å²) in [5.74, 6) is -0.691. The molecule has 0 spiro atoms. The molecule has 1 aliphatic carbocycles. The average Bonchev–Trinajstić information content (AvgIpc) is 3.41. The first-order valence-corrected chi connectivity index (χ1v) is 11.2. The molecule has 32 heavy (non-hydrogen) atoms. The normalized spacial score (nSPS) is 23.6. The Kier molecular flexibility index (Phi) is 5.55. The first-order valence-electron chi connectivity index (χ1n) is 11.2.